The van der Waals surface area contributed by atoms with E-state index in [-0.39, 0.29) is 24.8 Å². The number of benzene rings is 2. The summed E-state index contributed by atoms with van der Waals surface area (Å²) in [7, 11) is 3.05. The van der Waals surface area contributed by atoms with E-state index in [0.29, 0.717) is 28.4 Å². The molecule has 1 N–H and O–H groups in total. The first-order chi connectivity index (χ1) is 13.0. The van der Waals surface area contributed by atoms with Gasteiger partial charge in [-0.25, -0.2) is 0 Å². The van der Waals surface area contributed by atoms with Crippen molar-refractivity contribution in [3.05, 3.63) is 48.0 Å². The van der Waals surface area contributed by atoms with Gasteiger partial charge >= 0.3 is 0 Å². The molecule has 0 bridgehead atoms. The van der Waals surface area contributed by atoms with Gasteiger partial charge in [-0.1, -0.05) is 6.07 Å². The highest BCUT2D eigenvalue weighted by molar-refractivity contribution is 5.96. The molecular weight excluding hydrogens is 346 g/mol. The first kappa shape index (κ1) is 19.8. The van der Waals surface area contributed by atoms with E-state index >= 15 is 0 Å². The molecule has 0 aliphatic carbocycles. The first-order valence-corrected chi connectivity index (χ1v) is 8.28. The summed E-state index contributed by atoms with van der Waals surface area (Å²) in [5.41, 5.74) is 1.56. The minimum Gasteiger partial charge on any atom is -0.497 e. The van der Waals surface area contributed by atoms with Gasteiger partial charge in [0, 0.05) is 31.6 Å². The number of amides is 2. The molecule has 0 aliphatic heterocycles. The van der Waals surface area contributed by atoms with E-state index < -0.39 is 0 Å². The minimum atomic E-state index is -0.260. The largest absolute Gasteiger partial charge is 0.497 e. The van der Waals surface area contributed by atoms with Crippen molar-refractivity contribution in [1.29, 1.82) is 5.26 Å². The number of hydrogen-bond donors (Lipinski definition) is 1. The molecule has 0 aromatic heterocycles. The fourth-order valence-corrected chi connectivity index (χ4v) is 2.56. The molecule has 27 heavy (non-hydrogen) atoms. The van der Waals surface area contributed by atoms with Gasteiger partial charge in [0.15, 0.2) is 0 Å². The van der Waals surface area contributed by atoms with Crippen LogP contribution in [0.25, 0.3) is 0 Å². The van der Waals surface area contributed by atoms with Crippen molar-refractivity contribution in [3.8, 4) is 17.6 Å². The van der Waals surface area contributed by atoms with Gasteiger partial charge in [0.05, 0.1) is 31.5 Å². The lowest BCUT2D eigenvalue weighted by Crippen LogP contribution is -2.32. The zero-order valence-electron chi connectivity index (χ0n) is 15.5. The summed E-state index contributed by atoms with van der Waals surface area (Å²) >= 11 is 0. The number of rotatable bonds is 7. The average molecular weight is 367 g/mol. The highest BCUT2D eigenvalue weighted by Gasteiger charge is 2.18. The average Bonchev–Trinajstić information content (AvgIpc) is 2.68. The number of nitrogens with zero attached hydrogens (tertiary/aromatic N) is 2. The number of carbonyl (C=O) groups excluding carboxylic acids is 2. The molecule has 0 saturated heterocycles. The second-order valence-electron chi connectivity index (χ2n) is 5.70. The molecule has 0 atom stereocenters. The molecule has 0 radical (unpaired) electrons. The molecule has 0 saturated carbocycles. The van der Waals surface area contributed by atoms with E-state index in [9.17, 15) is 9.59 Å². The molecule has 140 valence electrons. The third-order valence-corrected chi connectivity index (χ3v) is 3.90. The Morgan fingerprint density at radius 3 is 2.56 bits per heavy atom. The van der Waals surface area contributed by atoms with Gasteiger partial charge < -0.3 is 19.7 Å². The van der Waals surface area contributed by atoms with Crippen molar-refractivity contribution in [1.82, 2.24) is 0 Å². The summed E-state index contributed by atoms with van der Waals surface area (Å²) < 4.78 is 10.5. The summed E-state index contributed by atoms with van der Waals surface area (Å²) in [5, 5.41) is 11.6. The maximum absolute atomic E-state index is 12.2. The summed E-state index contributed by atoms with van der Waals surface area (Å²) in [6.07, 6.45) is 0.0888. The predicted octanol–water partition coefficient (Wildman–Crippen LogP) is 2.96. The number of nitriles is 1. The van der Waals surface area contributed by atoms with Crippen molar-refractivity contribution in [2.45, 2.75) is 13.3 Å². The molecule has 7 nitrogen and oxygen atoms in total. The highest BCUT2D eigenvalue weighted by Crippen LogP contribution is 2.32. The molecule has 0 aliphatic rings. The van der Waals surface area contributed by atoms with Crippen molar-refractivity contribution in [2.24, 2.45) is 0 Å². The highest BCUT2D eigenvalue weighted by atomic mass is 16.5. The Kier molecular flexibility index (Phi) is 6.78. The maximum atomic E-state index is 12.2. The zero-order valence-corrected chi connectivity index (χ0v) is 15.5. The van der Waals surface area contributed by atoms with Crippen LogP contribution in [0.2, 0.25) is 0 Å². The van der Waals surface area contributed by atoms with Gasteiger partial charge in [-0.05, 0) is 30.3 Å². The summed E-state index contributed by atoms with van der Waals surface area (Å²) in [6.45, 7) is 1.61. The van der Waals surface area contributed by atoms with E-state index in [4.69, 9.17) is 14.7 Å². The molecule has 2 aromatic carbocycles. The van der Waals surface area contributed by atoms with Crippen LogP contribution in [0.15, 0.2) is 42.5 Å². The summed E-state index contributed by atoms with van der Waals surface area (Å²) in [6, 6.07) is 13.8. The van der Waals surface area contributed by atoms with E-state index in [1.54, 1.807) is 49.6 Å². The molecular formula is C20H21N3O4. The van der Waals surface area contributed by atoms with Crippen LogP contribution < -0.4 is 19.7 Å². The van der Waals surface area contributed by atoms with E-state index in [1.165, 1.54) is 18.9 Å². The van der Waals surface area contributed by atoms with Gasteiger partial charge in [0.25, 0.3) is 0 Å². The van der Waals surface area contributed by atoms with Gasteiger partial charge in [0.2, 0.25) is 11.8 Å². The van der Waals surface area contributed by atoms with Gasteiger partial charge in [-0.3, -0.25) is 9.59 Å². The third-order valence-electron chi connectivity index (χ3n) is 3.90. The Hall–Kier alpha value is -3.53. The fraction of sp³-hybridized carbons (Fsp3) is 0.250. The molecule has 0 fully saturated rings. The molecule has 7 heteroatoms. The Balaban J connectivity index is 2.09. The van der Waals surface area contributed by atoms with E-state index in [1.807, 2.05) is 6.07 Å². The Morgan fingerprint density at radius 2 is 1.93 bits per heavy atom. The van der Waals surface area contributed by atoms with Crippen molar-refractivity contribution < 1.29 is 19.1 Å². The molecule has 0 unspecified atom stereocenters. The standard InChI is InChI=1S/C20H21N3O4/c1-14(24)23(18-8-7-17(26-2)12-19(18)27-3)10-9-20(25)22-16-6-4-5-15(11-16)13-21/h4-8,11-12H,9-10H2,1-3H3,(H,22,25). The number of carbonyl (C=O) groups is 2. The molecule has 2 rings (SSSR count). The summed E-state index contributed by atoms with van der Waals surface area (Å²) in [5.74, 6) is 0.613. The lowest BCUT2D eigenvalue weighted by atomic mass is 10.2. The predicted molar refractivity (Wildman–Crippen MR) is 102 cm³/mol. The number of methoxy groups -OCH3 is 2. The van der Waals surface area contributed by atoms with Crippen LogP contribution in [-0.4, -0.2) is 32.6 Å². The summed E-state index contributed by atoms with van der Waals surface area (Å²) in [4.78, 5) is 25.8. The SMILES string of the molecule is COc1ccc(N(CCC(=O)Nc2cccc(C#N)c2)C(C)=O)c(OC)c1. The lowest BCUT2D eigenvalue weighted by molar-refractivity contribution is -0.117. The number of nitrogens with one attached hydrogen (secondary N) is 1. The smallest absolute Gasteiger partial charge is 0.226 e. The van der Waals surface area contributed by atoms with Crippen LogP contribution in [0.1, 0.15) is 18.9 Å². The maximum Gasteiger partial charge on any atom is 0.226 e. The van der Waals surface area contributed by atoms with Crippen molar-refractivity contribution in [3.63, 3.8) is 0 Å². The number of ether oxygens (including phenoxy) is 2. The first-order valence-electron chi connectivity index (χ1n) is 8.28. The van der Waals surface area contributed by atoms with Gasteiger partial charge in [0.1, 0.15) is 11.5 Å². The zero-order chi connectivity index (χ0) is 19.8. The van der Waals surface area contributed by atoms with E-state index in [0.717, 1.165) is 0 Å². The Labute approximate surface area is 158 Å². The van der Waals surface area contributed by atoms with Crippen LogP contribution in [0.4, 0.5) is 11.4 Å². The van der Waals surface area contributed by atoms with Crippen LogP contribution in [0.5, 0.6) is 11.5 Å². The van der Waals surface area contributed by atoms with E-state index in [2.05, 4.69) is 5.32 Å². The second-order valence-corrected chi connectivity index (χ2v) is 5.70. The topological polar surface area (TPSA) is 91.7 Å². The fourth-order valence-electron chi connectivity index (χ4n) is 2.56. The second kappa shape index (κ2) is 9.25. The molecule has 0 spiro atoms. The van der Waals surface area contributed by atoms with Crippen molar-refractivity contribution >= 4 is 23.2 Å². The monoisotopic (exact) mass is 367 g/mol. The normalized spacial score (nSPS) is 9.85. The van der Waals surface area contributed by atoms with Crippen LogP contribution in [-0.2, 0) is 9.59 Å². The van der Waals surface area contributed by atoms with Crippen LogP contribution in [0, 0.1) is 11.3 Å². The molecule has 2 amide bonds. The molecule has 2 aromatic rings. The number of hydrogen-bond acceptors (Lipinski definition) is 5. The molecule has 0 heterocycles. The van der Waals surface area contributed by atoms with Crippen LogP contribution >= 0.6 is 0 Å². The Morgan fingerprint density at radius 1 is 1.15 bits per heavy atom. The number of anilines is 2. The van der Waals surface area contributed by atoms with Gasteiger partial charge in [-0.15, -0.1) is 0 Å². The third kappa shape index (κ3) is 5.22. The minimum absolute atomic E-state index is 0.0888. The Bertz CT molecular complexity index is 874. The van der Waals surface area contributed by atoms with Gasteiger partial charge in [-0.2, -0.15) is 5.26 Å². The lowest BCUT2D eigenvalue weighted by Gasteiger charge is -2.23. The quantitative estimate of drug-likeness (QED) is 0.812. The van der Waals surface area contributed by atoms with Crippen LogP contribution in [0.3, 0.4) is 0 Å². The van der Waals surface area contributed by atoms with Crippen molar-refractivity contribution in [2.75, 3.05) is 31.0 Å².